The summed E-state index contributed by atoms with van der Waals surface area (Å²) >= 11 is 0. The highest BCUT2D eigenvalue weighted by atomic mass is 16.5. The van der Waals surface area contributed by atoms with Crippen molar-refractivity contribution in [2.24, 2.45) is 5.92 Å². The zero-order valence-electron chi connectivity index (χ0n) is 13.1. The van der Waals surface area contributed by atoms with Crippen LogP contribution in [0.25, 0.3) is 0 Å². The molecule has 1 atom stereocenters. The molecule has 21 heavy (non-hydrogen) atoms. The fourth-order valence-corrected chi connectivity index (χ4v) is 2.78. The first-order valence-electron chi connectivity index (χ1n) is 7.86. The fraction of sp³-hybridized carbons (Fsp3) is 0.588. The van der Waals surface area contributed by atoms with Crippen LogP contribution in [0, 0.1) is 12.8 Å². The molecule has 116 valence electrons. The Hall–Kier alpha value is -1.55. The van der Waals surface area contributed by atoms with Crippen molar-refractivity contribution in [3.8, 4) is 5.75 Å². The van der Waals surface area contributed by atoms with E-state index in [2.05, 4.69) is 17.1 Å². The van der Waals surface area contributed by atoms with Crippen LogP contribution in [-0.2, 0) is 4.79 Å². The van der Waals surface area contributed by atoms with Crippen molar-refractivity contribution in [2.75, 3.05) is 32.8 Å². The predicted molar refractivity (Wildman–Crippen MR) is 84.5 cm³/mol. The van der Waals surface area contributed by atoms with E-state index in [9.17, 15) is 4.79 Å². The van der Waals surface area contributed by atoms with E-state index in [4.69, 9.17) is 4.74 Å². The minimum atomic E-state index is -0.0353. The van der Waals surface area contributed by atoms with Gasteiger partial charge in [0.15, 0.2) is 6.61 Å². The molecule has 4 nitrogen and oxygen atoms in total. The summed E-state index contributed by atoms with van der Waals surface area (Å²) in [7, 11) is 0. The smallest absolute Gasteiger partial charge is 0.257 e. The number of aryl methyl sites for hydroxylation is 1. The Bertz CT molecular complexity index is 462. The highest BCUT2D eigenvalue weighted by Gasteiger charge is 2.19. The van der Waals surface area contributed by atoms with Crippen LogP contribution in [0.1, 0.15) is 25.3 Å². The van der Waals surface area contributed by atoms with Gasteiger partial charge in [0, 0.05) is 13.1 Å². The molecule has 2 rings (SSSR count). The summed E-state index contributed by atoms with van der Waals surface area (Å²) < 4.78 is 5.56. The van der Waals surface area contributed by atoms with Crippen molar-refractivity contribution in [3.63, 3.8) is 0 Å². The van der Waals surface area contributed by atoms with E-state index in [1.165, 1.54) is 19.4 Å². The number of carbonyl (C=O) groups excluding carboxylic acids is 1. The summed E-state index contributed by atoms with van der Waals surface area (Å²) in [6.45, 7) is 8.40. The third kappa shape index (κ3) is 5.05. The molecule has 0 aromatic heterocycles. The van der Waals surface area contributed by atoms with Gasteiger partial charge in [-0.15, -0.1) is 0 Å². The molecule has 1 unspecified atom stereocenters. The third-order valence-corrected chi connectivity index (χ3v) is 4.09. The number of nitrogens with one attached hydrogen (secondary N) is 1. The van der Waals surface area contributed by atoms with E-state index in [0.717, 1.165) is 30.9 Å². The summed E-state index contributed by atoms with van der Waals surface area (Å²) in [6.07, 6.45) is 2.43. The Kier molecular flexibility index (Phi) is 6.05. The van der Waals surface area contributed by atoms with E-state index in [-0.39, 0.29) is 12.5 Å². The third-order valence-electron chi connectivity index (χ3n) is 4.09. The molecule has 0 bridgehead atoms. The van der Waals surface area contributed by atoms with Crippen molar-refractivity contribution < 1.29 is 9.53 Å². The quantitative estimate of drug-likeness (QED) is 0.873. The molecule has 4 heteroatoms. The minimum absolute atomic E-state index is 0.0353. The first-order valence-corrected chi connectivity index (χ1v) is 7.86. The number of piperidine rings is 1. The summed E-state index contributed by atoms with van der Waals surface area (Å²) in [4.78, 5) is 14.3. The van der Waals surface area contributed by atoms with Crippen molar-refractivity contribution in [1.29, 1.82) is 0 Å². The first-order chi connectivity index (χ1) is 10.2. The average molecular weight is 290 g/mol. The summed E-state index contributed by atoms with van der Waals surface area (Å²) in [5.41, 5.74) is 1.05. The Morgan fingerprint density at radius 2 is 2.24 bits per heavy atom. The fourth-order valence-electron chi connectivity index (χ4n) is 2.78. The van der Waals surface area contributed by atoms with Crippen molar-refractivity contribution in [2.45, 2.75) is 26.7 Å². The van der Waals surface area contributed by atoms with Gasteiger partial charge < -0.3 is 15.0 Å². The van der Waals surface area contributed by atoms with Gasteiger partial charge >= 0.3 is 0 Å². The number of carbonyl (C=O) groups is 1. The largest absolute Gasteiger partial charge is 0.484 e. The van der Waals surface area contributed by atoms with E-state index in [1.54, 1.807) is 0 Å². The zero-order chi connectivity index (χ0) is 15.1. The summed E-state index contributed by atoms with van der Waals surface area (Å²) in [6, 6.07) is 7.75. The van der Waals surface area contributed by atoms with Crippen LogP contribution in [-0.4, -0.2) is 43.6 Å². The van der Waals surface area contributed by atoms with Gasteiger partial charge in [0.05, 0.1) is 0 Å². The second-order valence-corrected chi connectivity index (χ2v) is 5.76. The average Bonchev–Trinajstić information content (AvgIpc) is 2.52. The molecular weight excluding hydrogens is 264 g/mol. The maximum absolute atomic E-state index is 11.9. The van der Waals surface area contributed by atoms with E-state index < -0.39 is 0 Å². The lowest BCUT2D eigenvalue weighted by Crippen LogP contribution is -2.41. The molecule has 1 heterocycles. The van der Waals surface area contributed by atoms with Crippen molar-refractivity contribution >= 4 is 5.91 Å². The standard InChI is InChI=1S/C17H26N2O2/c1-3-19-10-6-8-15(12-19)11-18-17(20)13-21-16-9-5-4-7-14(16)2/h4-5,7,9,15H,3,6,8,10-13H2,1-2H3,(H,18,20). The number of nitrogens with zero attached hydrogens (tertiary/aromatic N) is 1. The normalized spacial score (nSPS) is 19.2. The van der Waals surface area contributed by atoms with Crippen molar-refractivity contribution in [3.05, 3.63) is 29.8 Å². The van der Waals surface area contributed by atoms with E-state index in [0.29, 0.717) is 5.92 Å². The number of para-hydroxylation sites is 1. The molecule has 1 saturated heterocycles. The molecule has 1 N–H and O–H groups in total. The van der Waals surface area contributed by atoms with Crippen LogP contribution in [0.3, 0.4) is 0 Å². The molecule has 1 aromatic rings. The number of rotatable bonds is 6. The van der Waals surface area contributed by atoms with Gasteiger partial charge in [0.25, 0.3) is 5.91 Å². The van der Waals surface area contributed by atoms with E-state index >= 15 is 0 Å². The van der Waals surface area contributed by atoms with Crippen LogP contribution in [0.15, 0.2) is 24.3 Å². The molecule has 0 radical (unpaired) electrons. The molecule has 1 aromatic carbocycles. The molecule has 0 aliphatic carbocycles. The van der Waals surface area contributed by atoms with Gasteiger partial charge in [-0.3, -0.25) is 4.79 Å². The van der Waals surface area contributed by atoms with Crippen LogP contribution >= 0.6 is 0 Å². The molecule has 1 fully saturated rings. The Balaban J connectivity index is 1.69. The number of benzene rings is 1. The summed E-state index contributed by atoms with van der Waals surface area (Å²) in [5, 5.41) is 3.00. The van der Waals surface area contributed by atoms with Crippen LogP contribution in [0.4, 0.5) is 0 Å². The highest BCUT2D eigenvalue weighted by molar-refractivity contribution is 5.77. The molecule has 0 saturated carbocycles. The maximum atomic E-state index is 11.9. The number of hydrogen-bond donors (Lipinski definition) is 1. The Morgan fingerprint density at radius 3 is 3.00 bits per heavy atom. The minimum Gasteiger partial charge on any atom is -0.484 e. The van der Waals surface area contributed by atoms with Gasteiger partial charge in [-0.05, 0) is 50.4 Å². The summed E-state index contributed by atoms with van der Waals surface area (Å²) in [5.74, 6) is 1.32. The lowest BCUT2D eigenvalue weighted by Gasteiger charge is -2.31. The van der Waals surface area contributed by atoms with Gasteiger partial charge in [-0.2, -0.15) is 0 Å². The van der Waals surface area contributed by atoms with Gasteiger partial charge in [0.2, 0.25) is 0 Å². The molecule has 0 spiro atoms. The predicted octanol–water partition coefficient (Wildman–Crippen LogP) is 2.22. The lowest BCUT2D eigenvalue weighted by atomic mass is 9.98. The topological polar surface area (TPSA) is 41.6 Å². The maximum Gasteiger partial charge on any atom is 0.257 e. The van der Waals surface area contributed by atoms with Gasteiger partial charge in [-0.1, -0.05) is 25.1 Å². The van der Waals surface area contributed by atoms with Gasteiger partial charge in [0.1, 0.15) is 5.75 Å². The second kappa shape index (κ2) is 8.03. The zero-order valence-corrected chi connectivity index (χ0v) is 13.1. The van der Waals surface area contributed by atoms with E-state index in [1.807, 2.05) is 31.2 Å². The number of ether oxygens (including phenoxy) is 1. The molecule has 1 aliphatic heterocycles. The number of amides is 1. The van der Waals surface area contributed by atoms with Crippen molar-refractivity contribution in [1.82, 2.24) is 10.2 Å². The Labute approximate surface area is 127 Å². The van der Waals surface area contributed by atoms with Gasteiger partial charge in [-0.25, -0.2) is 0 Å². The highest BCUT2D eigenvalue weighted by Crippen LogP contribution is 2.16. The first kappa shape index (κ1) is 15.8. The second-order valence-electron chi connectivity index (χ2n) is 5.76. The SMILES string of the molecule is CCN1CCCC(CNC(=O)COc2ccccc2C)C1. The number of hydrogen-bond acceptors (Lipinski definition) is 3. The lowest BCUT2D eigenvalue weighted by molar-refractivity contribution is -0.123. The Morgan fingerprint density at radius 1 is 1.43 bits per heavy atom. The van der Waals surface area contributed by atoms with Crippen LogP contribution < -0.4 is 10.1 Å². The molecule has 1 amide bonds. The van der Waals surface area contributed by atoms with Crippen LogP contribution in [0.5, 0.6) is 5.75 Å². The van der Waals surface area contributed by atoms with Crippen LogP contribution in [0.2, 0.25) is 0 Å². The monoisotopic (exact) mass is 290 g/mol. The molecule has 1 aliphatic rings. The molecular formula is C17H26N2O2. The number of likely N-dealkylation sites (tertiary alicyclic amines) is 1.